The molecule has 1 fully saturated rings. The molecule has 1 heterocycles. The predicted octanol–water partition coefficient (Wildman–Crippen LogP) is 0.175. The average Bonchev–Trinajstić information content (AvgIpc) is 2.90. The highest BCUT2D eigenvalue weighted by Crippen LogP contribution is 2.54. The van der Waals surface area contributed by atoms with Gasteiger partial charge in [0.1, 0.15) is 35.1 Å². The molecule has 0 bridgehead atoms. The van der Waals surface area contributed by atoms with Crippen molar-refractivity contribution >= 4 is 17.3 Å². The summed E-state index contributed by atoms with van der Waals surface area (Å²) >= 11 is 0. The quantitative estimate of drug-likeness (QED) is 0.232. The molecule has 40 heavy (non-hydrogen) atoms. The highest BCUT2D eigenvalue weighted by molar-refractivity contribution is 6.31. The maximum absolute atomic E-state index is 13.7. The number of carbonyl (C=O) groups excluding carboxylic acids is 3. The molecular formula is C28H31NO11. The molecule has 0 amide bonds. The first-order valence-electron chi connectivity index (χ1n) is 12.8. The zero-order valence-corrected chi connectivity index (χ0v) is 22.1. The van der Waals surface area contributed by atoms with Crippen LogP contribution in [0.4, 0.5) is 0 Å². The molecule has 5 rings (SSSR count). The van der Waals surface area contributed by atoms with E-state index >= 15 is 0 Å². The average molecular weight is 558 g/mol. The molecule has 1 aliphatic heterocycles. The monoisotopic (exact) mass is 557 g/mol. The molecule has 0 radical (unpaired) electrons. The summed E-state index contributed by atoms with van der Waals surface area (Å²) in [6.45, 7) is 1.97. The van der Waals surface area contributed by atoms with Gasteiger partial charge in [0.25, 0.3) is 0 Å². The molecule has 0 saturated carbocycles. The highest BCUT2D eigenvalue weighted by atomic mass is 16.7. The molecule has 1 saturated heterocycles. The number of rotatable bonds is 5. The largest absolute Gasteiger partial charge is 0.507 e. The summed E-state index contributed by atoms with van der Waals surface area (Å²) < 4.78 is 17.3. The first-order valence-corrected chi connectivity index (χ1v) is 12.8. The predicted molar refractivity (Wildman–Crippen MR) is 136 cm³/mol. The third-order valence-electron chi connectivity index (χ3n) is 8.15. The Bertz CT molecular complexity index is 1430. The zero-order valence-electron chi connectivity index (χ0n) is 22.1. The lowest BCUT2D eigenvalue weighted by atomic mass is 9.67. The normalized spacial score (nSPS) is 31.3. The number of ether oxygens (including phenoxy) is 3. The number of aliphatic hydroxyl groups is 3. The van der Waals surface area contributed by atoms with Crippen molar-refractivity contribution in [1.29, 1.82) is 0 Å². The van der Waals surface area contributed by atoms with Crippen LogP contribution in [0, 0.1) is 0 Å². The van der Waals surface area contributed by atoms with Crippen molar-refractivity contribution < 1.29 is 54.1 Å². The number of hydrogen-bond acceptors (Lipinski definition) is 12. The maximum atomic E-state index is 13.7. The number of ketones is 3. The van der Waals surface area contributed by atoms with E-state index in [0.29, 0.717) is 0 Å². The molecule has 2 aliphatic carbocycles. The molecule has 2 aromatic carbocycles. The van der Waals surface area contributed by atoms with Gasteiger partial charge in [0.15, 0.2) is 17.9 Å². The number of carbonyl (C=O) groups is 3. The van der Waals surface area contributed by atoms with Crippen LogP contribution >= 0.6 is 0 Å². The van der Waals surface area contributed by atoms with Crippen LogP contribution in [0.3, 0.4) is 0 Å². The van der Waals surface area contributed by atoms with E-state index in [1.165, 1.54) is 32.2 Å². The zero-order chi connectivity index (χ0) is 29.3. The van der Waals surface area contributed by atoms with Crippen molar-refractivity contribution in [1.82, 2.24) is 0 Å². The molecule has 0 aromatic heterocycles. The number of benzene rings is 2. The third kappa shape index (κ3) is 4.02. The summed E-state index contributed by atoms with van der Waals surface area (Å²) in [7, 11) is 1.32. The van der Waals surface area contributed by atoms with E-state index in [1.54, 1.807) is 6.92 Å². The van der Waals surface area contributed by atoms with Gasteiger partial charge in [0, 0.05) is 42.0 Å². The highest BCUT2D eigenvalue weighted by Gasteiger charge is 2.55. The van der Waals surface area contributed by atoms with E-state index in [2.05, 4.69) is 0 Å². The smallest absolute Gasteiger partial charge is 0.202 e. The Morgan fingerprint density at radius 1 is 1.15 bits per heavy atom. The Morgan fingerprint density at radius 2 is 1.82 bits per heavy atom. The van der Waals surface area contributed by atoms with Gasteiger partial charge in [-0.2, -0.15) is 0 Å². The second-order valence-corrected chi connectivity index (χ2v) is 10.8. The second kappa shape index (κ2) is 9.61. The van der Waals surface area contributed by atoms with Gasteiger partial charge < -0.3 is 45.5 Å². The fourth-order valence-corrected chi connectivity index (χ4v) is 6.24. The van der Waals surface area contributed by atoms with Crippen molar-refractivity contribution in [2.75, 3.05) is 13.7 Å². The molecule has 7 N–H and O–H groups in total. The molecule has 3 aliphatic rings. The lowest BCUT2D eigenvalue weighted by Crippen LogP contribution is -2.56. The van der Waals surface area contributed by atoms with E-state index in [0.717, 1.165) is 0 Å². The summed E-state index contributed by atoms with van der Waals surface area (Å²) in [6, 6.07) is 3.62. The van der Waals surface area contributed by atoms with Crippen molar-refractivity contribution in [2.45, 2.75) is 68.9 Å². The maximum Gasteiger partial charge on any atom is 0.202 e. The Hall–Kier alpha value is -3.39. The van der Waals surface area contributed by atoms with Gasteiger partial charge in [-0.15, -0.1) is 0 Å². The van der Waals surface area contributed by atoms with E-state index in [9.17, 15) is 39.9 Å². The molecule has 12 heteroatoms. The van der Waals surface area contributed by atoms with Crippen LogP contribution in [0.15, 0.2) is 18.2 Å². The van der Waals surface area contributed by atoms with Gasteiger partial charge in [-0.3, -0.25) is 14.4 Å². The molecular weight excluding hydrogens is 526 g/mol. The van der Waals surface area contributed by atoms with Gasteiger partial charge in [-0.05, 0) is 19.9 Å². The number of phenols is 2. The van der Waals surface area contributed by atoms with E-state index in [1.807, 2.05) is 0 Å². The topological polar surface area (TPSA) is 206 Å². The third-order valence-corrected chi connectivity index (χ3v) is 8.15. The first-order chi connectivity index (χ1) is 18.8. The van der Waals surface area contributed by atoms with E-state index < -0.39 is 95.2 Å². The summed E-state index contributed by atoms with van der Waals surface area (Å²) in [5.74, 6) is -3.82. The minimum atomic E-state index is -2.28. The van der Waals surface area contributed by atoms with Crippen LogP contribution < -0.4 is 10.5 Å². The SMILES string of the molecule is COc1cccc2c1C(=O)c1c(O)c3c(c(O)c1C2=O)C[C@@](O)(C(=O)CO)C[C@]3(C)O[C@H]1C[C@H](N)[C@H](O)[C@H](C)O1. The van der Waals surface area contributed by atoms with E-state index in [-0.39, 0.29) is 34.4 Å². The minimum absolute atomic E-state index is 0.00246. The number of Topliss-reactive ketones (excluding diaryl/α,β-unsaturated/α-hetero) is 1. The van der Waals surface area contributed by atoms with Crippen molar-refractivity contribution in [3.05, 3.63) is 51.6 Å². The number of hydrogen-bond donors (Lipinski definition) is 6. The lowest BCUT2D eigenvalue weighted by molar-refractivity contribution is -0.273. The van der Waals surface area contributed by atoms with Crippen LogP contribution in [-0.4, -0.2) is 86.7 Å². The number of phenolic OH excluding ortho intramolecular Hbond substituents is 2. The van der Waals surface area contributed by atoms with Crippen LogP contribution in [-0.2, 0) is 26.3 Å². The minimum Gasteiger partial charge on any atom is -0.507 e. The summed E-state index contributed by atoms with van der Waals surface area (Å²) in [4.78, 5) is 40.1. The van der Waals surface area contributed by atoms with Crippen molar-refractivity contribution in [3.63, 3.8) is 0 Å². The Balaban J connectivity index is 1.73. The fourth-order valence-electron chi connectivity index (χ4n) is 6.24. The van der Waals surface area contributed by atoms with Crippen LogP contribution in [0.1, 0.15) is 69.7 Å². The number of nitrogens with two attached hydrogens (primary N) is 1. The van der Waals surface area contributed by atoms with Gasteiger partial charge in [0.2, 0.25) is 5.78 Å². The second-order valence-electron chi connectivity index (χ2n) is 10.8. The molecule has 6 atom stereocenters. The fraction of sp³-hybridized carbons (Fsp3) is 0.464. The number of aromatic hydroxyl groups is 2. The molecule has 0 spiro atoms. The standard InChI is InChI=1S/C28H31NO11/c1-11-22(32)14(29)7-17(39-11)40-27(2)10-28(37,16(31)9-30)8-13-21(27)26(36)20-19(24(13)34)23(33)12-5-4-6-15(38-3)18(12)25(20)35/h4-6,11,14,17,22,30,32,34,36-37H,7-10,29H2,1-3H3/t11-,14-,17-,22+,27-,28-/m0/s1. The number of fused-ring (bicyclic) bond motifs is 3. The van der Waals surface area contributed by atoms with Gasteiger partial charge >= 0.3 is 0 Å². The lowest BCUT2D eigenvalue weighted by Gasteiger charge is -2.47. The summed E-state index contributed by atoms with van der Waals surface area (Å²) in [5, 5.41) is 54.3. The number of aliphatic hydroxyl groups excluding tert-OH is 2. The van der Waals surface area contributed by atoms with Gasteiger partial charge in [-0.1, -0.05) is 12.1 Å². The Labute approximate surface area is 228 Å². The van der Waals surface area contributed by atoms with E-state index in [4.69, 9.17) is 19.9 Å². The summed E-state index contributed by atoms with van der Waals surface area (Å²) in [6.07, 6.45) is -3.91. The Kier molecular flexibility index (Phi) is 6.77. The van der Waals surface area contributed by atoms with Gasteiger partial charge in [0.05, 0.1) is 36.0 Å². The summed E-state index contributed by atoms with van der Waals surface area (Å²) in [5.41, 5.74) is 0.524. The first kappa shape index (κ1) is 28.1. The number of methoxy groups -OCH3 is 1. The van der Waals surface area contributed by atoms with Crippen LogP contribution in [0.25, 0.3) is 0 Å². The van der Waals surface area contributed by atoms with Crippen molar-refractivity contribution in [2.24, 2.45) is 5.73 Å². The van der Waals surface area contributed by atoms with Crippen LogP contribution in [0.2, 0.25) is 0 Å². The van der Waals surface area contributed by atoms with Gasteiger partial charge in [-0.25, -0.2) is 0 Å². The Morgan fingerprint density at radius 3 is 2.45 bits per heavy atom. The molecule has 2 aromatic rings. The van der Waals surface area contributed by atoms with Crippen molar-refractivity contribution in [3.8, 4) is 17.2 Å². The molecule has 214 valence electrons. The van der Waals surface area contributed by atoms with Crippen LogP contribution in [0.5, 0.6) is 17.2 Å². The molecule has 0 unspecified atom stereocenters. The molecule has 12 nitrogen and oxygen atoms in total.